The summed E-state index contributed by atoms with van der Waals surface area (Å²) < 4.78 is 0. The van der Waals surface area contributed by atoms with Gasteiger partial charge in [0.25, 0.3) is 0 Å². The Balaban J connectivity index is 2.14. The highest BCUT2D eigenvalue weighted by molar-refractivity contribution is 6.29. The minimum Gasteiger partial charge on any atom is -0.354 e. The van der Waals surface area contributed by atoms with Gasteiger partial charge in [-0.3, -0.25) is 0 Å². The molecule has 1 aromatic heterocycles. The van der Waals surface area contributed by atoms with E-state index in [4.69, 9.17) is 11.6 Å². The molecule has 69 valence electrons. The summed E-state index contributed by atoms with van der Waals surface area (Å²) >= 11 is 5.76. The van der Waals surface area contributed by atoms with Crippen LogP contribution in [0.3, 0.4) is 0 Å². The van der Waals surface area contributed by atoms with Crippen LogP contribution in [0, 0.1) is 0 Å². The van der Waals surface area contributed by atoms with Crippen molar-refractivity contribution in [2.45, 2.75) is 0 Å². The summed E-state index contributed by atoms with van der Waals surface area (Å²) in [5.74, 6) is 0.898. The van der Waals surface area contributed by atoms with Gasteiger partial charge in [0.15, 0.2) is 0 Å². The van der Waals surface area contributed by atoms with Gasteiger partial charge in [0.1, 0.15) is 17.3 Å². The standard InChI is InChI=1S/C8H10ClN4/c9-7-5-8(12-6-11-7)13-3-1-10-2-4-13/h5-6H,1-4H2. The van der Waals surface area contributed by atoms with Crippen LogP contribution in [-0.2, 0) is 0 Å². The lowest BCUT2D eigenvalue weighted by Crippen LogP contribution is -2.40. The van der Waals surface area contributed by atoms with Crippen molar-refractivity contribution in [2.24, 2.45) is 0 Å². The van der Waals surface area contributed by atoms with Crippen LogP contribution in [0.2, 0.25) is 5.15 Å². The highest BCUT2D eigenvalue weighted by Gasteiger charge is 2.12. The fraction of sp³-hybridized carbons (Fsp3) is 0.500. The Bertz CT molecular complexity index is 285. The van der Waals surface area contributed by atoms with E-state index < -0.39 is 0 Å². The number of halogens is 1. The molecule has 0 saturated carbocycles. The molecule has 4 nitrogen and oxygen atoms in total. The lowest BCUT2D eigenvalue weighted by molar-refractivity contribution is 0.574. The zero-order valence-corrected chi connectivity index (χ0v) is 7.91. The third-order valence-corrected chi connectivity index (χ3v) is 2.21. The molecule has 0 bridgehead atoms. The van der Waals surface area contributed by atoms with Crippen molar-refractivity contribution in [3.05, 3.63) is 17.5 Å². The monoisotopic (exact) mass is 197 g/mol. The molecule has 1 aliphatic rings. The van der Waals surface area contributed by atoms with E-state index in [0.29, 0.717) is 5.15 Å². The summed E-state index contributed by atoms with van der Waals surface area (Å²) in [5.41, 5.74) is 0. The van der Waals surface area contributed by atoms with Crippen LogP contribution in [0.4, 0.5) is 5.82 Å². The molecule has 1 aromatic rings. The lowest BCUT2D eigenvalue weighted by atomic mass is 10.3. The van der Waals surface area contributed by atoms with Crippen molar-refractivity contribution in [2.75, 3.05) is 31.1 Å². The first kappa shape index (κ1) is 8.72. The van der Waals surface area contributed by atoms with Crippen molar-refractivity contribution in [1.82, 2.24) is 15.3 Å². The molecule has 1 saturated heterocycles. The van der Waals surface area contributed by atoms with Crippen molar-refractivity contribution in [3.63, 3.8) is 0 Å². The van der Waals surface area contributed by atoms with Gasteiger partial charge in [-0.05, 0) is 0 Å². The van der Waals surface area contributed by atoms with E-state index in [-0.39, 0.29) is 0 Å². The van der Waals surface area contributed by atoms with E-state index in [1.54, 1.807) is 6.07 Å². The molecule has 0 aliphatic carbocycles. The van der Waals surface area contributed by atoms with Gasteiger partial charge < -0.3 is 4.90 Å². The minimum atomic E-state index is 0.493. The Labute approximate surface area is 81.9 Å². The fourth-order valence-corrected chi connectivity index (χ4v) is 1.47. The first-order chi connectivity index (χ1) is 6.36. The third-order valence-electron chi connectivity index (χ3n) is 2.00. The predicted octanol–water partition coefficient (Wildman–Crippen LogP) is 0.554. The van der Waals surface area contributed by atoms with Crippen molar-refractivity contribution >= 4 is 17.4 Å². The molecule has 1 radical (unpaired) electrons. The molecule has 0 atom stereocenters. The molecule has 0 amide bonds. The molecule has 5 heteroatoms. The molecule has 2 rings (SSSR count). The van der Waals surface area contributed by atoms with Crippen LogP contribution in [-0.4, -0.2) is 36.1 Å². The molecular formula is C8H10ClN4. The molecule has 0 spiro atoms. The number of aromatic nitrogens is 2. The van der Waals surface area contributed by atoms with Gasteiger partial charge in [-0.25, -0.2) is 15.3 Å². The predicted molar refractivity (Wildman–Crippen MR) is 51.1 cm³/mol. The molecular weight excluding hydrogens is 188 g/mol. The van der Waals surface area contributed by atoms with Crippen LogP contribution < -0.4 is 10.2 Å². The average Bonchev–Trinajstić information content (AvgIpc) is 2.19. The van der Waals surface area contributed by atoms with Crippen LogP contribution in [0.15, 0.2) is 12.4 Å². The number of hydrogen-bond donors (Lipinski definition) is 0. The summed E-state index contributed by atoms with van der Waals surface area (Å²) in [5, 5.41) is 4.75. The van der Waals surface area contributed by atoms with E-state index in [1.807, 2.05) is 0 Å². The van der Waals surface area contributed by atoms with Gasteiger partial charge >= 0.3 is 0 Å². The Morgan fingerprint density at radius 3 is 2.69 bits per heavy atom. The van der Waals surface area contributed by atoms with Crippen molar-refractivity contribution in [3.8, 4) is 0 Å². The van der Waals surface area contributed by atoms with E-state index >= 15 is 0 Å². The number of piperazine rings is 1. The first-order valence-electron chi connectivity index (χ1n) is 4.22. The topological polar surface area (TPSA) is 43.1 Å². The molecule has 13 heavy (non-hydrogen) atoms. The number of hydrogen-bond acceptors (Lipinski definition) is 3. The van der Waals surface area contributed by atoms with E-state index in [1.165, 1.54) is 6.33 Å². The number of rotatable bonds is 1. The van der Waals surface area contributed by atoms with Crippen LogP contribution >= 0.6 is 11.6 Å². The number of anilines is 1. The van der Waals surface area contributed by atoms with Gasteiger partial charge in [-0.15, -0.1) is 0 Å². The molecule has 2 heterocycles. The average molecular weight is 198 g/mol. The maximum atomic E-state index is 5.76. The molecule has 1 aliphatic heterocycles. The zero-order chi connectivity index (χ0) is 9.10. The van der Waals surface area contributed by atoms with E-state index in [9.17, 15) is 0 Å². The summed E-state index contributed by atoms with van der Waals surface area (Å²) in [6.45, 7) is 3.60. The molecule has 0 aromatic carbocycles. The summed E-state index contributed by atoms with van der Waals surface area (Å²) in [6, 6.07) is 1.78. The van der Waals surface area contributed by atoms with Gasteiger partial charge in [-0.1, -0.05) is 11.6 Å². The lowest BCUT2D eigenvalue weighted by Gasteiger charge is -2.27. The summed E-state index contributed by atoms with van der Waals surface area (Å²) in [6.07, 6.45) is 1.49. The summed E-state index contributed by atoms with van der Waals surface area (Å²) in [7, 11) is 0. The third kappa shape index (κ3) is 2.08. The minimum absolute atomic E-state index is 0.493. The Morgan fingerprint density at radius 2 is 2.00 bits per heavy atom. The van der Waals surface area contributed by atoms with Crippen LogP contribution in [0.5, 0.6) is 0 Å². The molecule has 0 unspecified atom stereocenters. The molecule has 0 N–H and O–H groups in total. The SMILES string of the molecule is Clc1cc(N2CC[N]CC2)ncn1. The number of nitrogens with zero attached hydrogens (tertiary/aromatic N) is 4. The summed E-state index contributed by atoms with van der Waals surface area (Å²) in [4.78, 5) is 10.2. The normalized spacial score (nSPS) is 17.5. The second-order valence-corrected chi connectivity index (χ2v) is 3.24. The Morgan fingerprint density at radius 1 is 1.23 bits per heavy atom. The molecule has 1 fully saturated rings. The van der Waals surface area contributed by atoms with E-state index in [2.05, 4.69) is 20.2 Å². The van der Waals surface area contributed by atoms with Crippen molar-refractivity contribution < 1.29 is 0 Å². The van der Waals surface area contributed by atoms with Crippen LogP contribution in [0.1, 0.15) is 0 Å². The van der Waals surface area contributed by atoms with E-state index in [0.717, 1.165) is 32.0 Å². The Hall–Kier alpha value is -0.870. The second-order valence-electron chi connectivity index (χ2n) is 2.86. The second kappa shape index (κ2) is 3.89. The highest BCUT2D eigenvalue weighted by Crippen LogP contribution is 2.14. The van der Waals surface area contributed by atoms with Gasteiger partial charge in [-0.2, -0.15) is 0 Å². The van der Waals surface area contributed by atoms with Gasteiger partial charge in [0.05, 0.1) is 0 Å². The highest BCUT2D eigenvalue weighted by atomic mass is 35.5. The maximum absolute atomic E-state index is 5.76. The quantitative estimate of drug-likeness (QED) is 0.618. The fourth-order valence-electron chi connectivity index (χ4n) is 1.33. The smallest absolute Gasteiger partial charge is 0.134 e. The first-order valence-corrected chi connectivity index (χ1v) is 4.60. The maximum Gasteiger partial charge on any atom is 0.134 e. The van der Waals surface area contributed by atoms with Crippen molar-refractivity contribution in [1.29, 1.82) is 0 Å². The van der Waals surface area contributed by atoms with Crippen LogP contribution in [0.25, 0.3) is 0 Å². The van der Waals surface area contributed by atoms with Gasteiger partial charge in [0, 0.05) is 32.2 Å². The Kier molecular flexibility index (Phi) is 2.61. The largest absolute Gasteiger partial charge is 0.354 e. The zero-order valence-electron chi connectivity index (χ0n) is 7.15. The van der Waals surface area contributed by atoms with Gasteiger partial charge in [0.2, 0.25) is 0 Å².